The summed E-state index contributed by atoms with van der Waals surface area (Å²) in [6.07, 6.45) is 1.00. The SMILES string of the molecule is CCOc1ccc(C(C)NC)cc1CS(=O)CCC(C)C. The minimum absolute atomic E-state index is 0.281. The summed E-state index contributed by atoms with van der Waals surface area (Å²) in [7, 11) is 1.12. The second-order valence-electron chi connectivity index (χ2n) is 5.78. The van der Waals surface area contributed by atoms with E-state index in [1.807, 2.05) is 20.0 Å². The van der Waals surface area contributed by atoms with Gasteiger partial charge in [-0.15, -0.1) is 0 Å². The summed E-state index contributed by atoms with van der Waals surface area (Å²) in [5.74, 6) is 2.79. The fourth-order valence-electron chi connectivity index (χ4n) is 2.06. The van der Waals surface area contributed by atoms with E-state index in [-0.39, 0.29) is 6.04 Å². The van der Waals surface area contributed by atoms with Crippen LogP contribution in [-0.2, 0) is 16.6 Å². The molecule has 0 bridgehead atoms. The number of benzene rings is 1. The van der Waals surface area contributed by atoms with Crippen molar-refractivity contribution >= 4 is 10.8 Å². The molecular weight excluding hydrogens is 282 g/mol. The Kier molecular flexibility index (Phi) is 7.97. The van der Waals surface area contributed by atoms with Gasteiger partial charge < -0.3 is 10.1 Å². The second kappa shape index (κ2) is 9.21. The van der Waals surface area contributed by atoms with Crippen molar-refractivity contribution in [2.45, 2.75) is 45.9 Å². The maximum Gasteiger partial charge on any atom is 0.123 e. The number of hydrogen-bond donors (Lipinski definition) is 1. The fraction of sp³-hybridized carbons (Fsp3) is 0.647. The van der Waals surface area contributed by atoms with E-state index in [0.717, 1.165) is 23.5 Å². The van der Waals surface area contributed by atoms with Crippen molar-refractivity contribution < 1.29 is 8.95 Å². The van der Waals surface area contributed by atoms with Crippen LogP contribution in [-0.4, -0.2) is 23.6 Å². The monoisotopic (exact) mass is 311 g/mol. The summed E-state index contributed by atoms with van der Waals surface area (Å²) >= 11 is 0. The molecule has 0 saturated heterocycles. The average Bonchev–Trinajstić information content (AvgIpc) is 2.46. The van der Waals surface area contributed by atoms with Crippen LogP contribution in [0.3, 0.4) is 0 Å². The summed E-state index contributed by atoms with van der Waals surface area (Å²) in [6, 6.07) is 6.48. The number of ether oxygens (including phenoxy) is 1. The standard InChI is InChI=1S/C17H29NO2S/c1-6-20-17-8-7-15(14(4)18-5)11-16(17)12-21(19)10-9-13(2)3/h7-8,11,13-14,18H,6,9-10,12H2,1-5H3. The highest BCUT2D eigenvalue weighted by Crippen LogP contribution is 2.25. The van der Waals surface area contributed by atoms with Gasteiger partial charge in [-0.05, 0) is 50.9 Å². The lowest BCUT2D eigenvalue weighted by molar-refractivity contribution is 0.337. The van der Waals surface area contributed by atoms with Crippen molar-refractivity contribution in [2.75, 3.05) is 19.4 Å². The molecular formula is C17H29NO2S. The zero-order valence-electron chi connectivity index (χ0n) is 13.9. The van der Waals surface area contributed by atoms with E-state index < -0.39 is 10.8 Å². The molecule has 120 valence electrons. The summed E-state index contributed by atoms with van der Waals surface area (Å²) in [4.78, 5) is 0. The van der Waals surface area contributed by atoms with E-state index in [2.05, 4.69) is 38.2 Å². The fourth-order valence-corrected chi connectivity index (χ4v) is 3.51. The van der Waals surface area contributed by atoms with Crippen LogP contribution in [0.4, 0.5) is 0 Å². The predicted octanol–water partition coefficient (Wildman–Crippen LogP) is 3.66. The van der Waals surface area contributed by atoms with Crippen LogP contribution in [0.5, 0.6) is 5.75 Å². The third-order valence-corrected chi connectivity index (χ3v) is 4.88. The van der Waals surface area contributed by atoms with E-state index in [0.29, 0.717) is 18.3 Å². The van der Waals surface area contributed by atoms with Gasteiger partial charge in [0, 0.05) is 28.2 Å². The van der Waals surface area contributed by atoms with Gasteiger partial charge in [0.15, 0.2) is 0 Å². The van der Waals surface area contributed by atoms with E-state index in [1.54, 1.807) is 0 Å². The van der Waals surface area contributed by atoms with Gasteiger partial charge in [0.1, 0.15) is 5.75 Å². The van der Waals surface area contributed by atoms with Crippen molar-refractivity contribution in [1.29, 1.82) is 0 Å². The van der Waals surface area contributed by atoms with Crippen LogP contribution in [0.15, 0.2) is 18.2 Å². The van der Waals surface area contributed by atoms with E-state index in [9.17, 15) is 4.21 Å². The Balaban J connectivity index is 2.87. The van der Waals surface area contributed by atoms with Crippen LogP contribution in [0.1, 0.15) is 51.3 Å². The first-order valence-electron chi connectivity index (χ1n) is 7.75. The second-order valence-corrected chi connectivity index (χ2v) is 7.36. The maximum absolute atomic E-state index is 12.3. The Labute approximate surface area is 131 Å². The van der Waals surface area contributed by atoms with Crippen LogP contribution >= 0.6 is 0 Å². The quantitative estimate of drug-likeness (QED) is 0.756. The molecule has 0 radical (unpaired) electrons. The first-order chi connectivity index (χ1) is 9.97. The van der Waals surface area contributed by atoms with E-state index in [1.165, 1.54) is 5.56 Å². The van der Waals surface area contributed by atoms with Gasteiger partial charge in [-0.2, -0.15) is 0 Å². The van der Waals surface area contributed by atoms with Crippen molar-refractivity contribution in [2.24, 2.45) is 5.92 Å². The minimum atomic E-state index is -0.829. The predicted molar refractivity (Wildman–Crippen MR) is 91.3 cm³/mol. The molecule has 1 rings (SSSR count). The van der Waals surface area contributed by atoms with Crippen LogP contribution in [0.25, 0.3) is 0 Å². The van der Waals surface area contributed by atoms with Crippen LogP contribution < -0.4 is 10.1 Å². The molecule has 0 aromatic heterocycles. The van der Waals surface area contributed by atoms with Gasteiger partial charge in [-0.25, -0.2) is 0 Å². The zero-order chi connectivity index (χ0) is 15.8. The lowest BCUT2D eigenvalue weighted by Gasteiger charge is -2.16. The molecule has 1 aromatic rings. The third-order valence-electron chi connectivity index (χ3n) is 3.56. The Morgan fingerprint density at radius 3 is 2.57 bits per heavy atom. The first-order valence-corrected chi connectivity index (χ1v) is 9.24. The van der Waals surface area contributed by atoms with Crippen molar-refractivity contribution in [3.05, 3.63) is 29.3 Å². The molecule has 2 atom stereocenters. The topological polar surface area (TPSA) is 38.3 Å². The van der Waals surface area contributed by atoms with E-state index >= 15 is 0 Å². The summed E-state index contributed by atoms with van der Waals surface area (Å²) in [5, 5.41) is 3.24. The van der Waals surface area contributed by atoms with E-state index in [4.69, 9.17) is 4.74 Å². The van der Waals surface area contributed by atoms with Gasteiger partial charge in [0.25, 0.3) is 0 Å². The molecule has 0 heterocycles. The Hall–Kier alpha value is -0.870. The molecule has 0 spiro atoms. The normalized spacial score (nSPS) is 14.2. The Morgan fingerprint density at radius 2 is 2.00 bits per heavy atom. The summed E-state index contributed by atoms with van der Waals surface area (Å²) in [5.41, 5.74) is 2.26. The highest BCUT2D eigenvalue weighted by molar-refractivity contribution is 7.84. The third kappa shape index (κ3) is 6.18. The maximum atomic E-state index is 12.3. The molecule has 0 aliphatic rings. The highest BCUT2D eigenvalue weighted by atomic mass is 32.2. The highest BCUT2D eigenvalue weighted by Gasteiger charge is 2.12. The summed E-state index contributed by atoms with van der Waals surface area (Å²) in [6.45, 7) is 9.06. The molecule has 4 heteroatoms. The molecule has 1 aromatic carbocycles. The van der Waals surface area contributed by atoms with Crippen LogP contribution in [0.2, 0.25) is 0 Å². The van der Waals surface area contributed by atoms with Gasteiger partial charge in [-0.1, -0.05) is 19.9 Å². The van der Waals surface area contributed by atoms with Gasteiger partial charge >= 0.3 is 0 Å². The smallest absolute Gasteiger partial charge is 0.123 e. The molecule has 0 saturated carbocycles. The van der Waals surface area contributed by atoms with Gasteiger partial charge in [0.05, 0.1) is 12.4 Å². The molecule has 3 nitrogen and oxygen atoms in total. The molecule has 1 N–H and O–H groups in total. The van der Waals surface area contributed by atoms with Gasteiger partial charge in [-0.3, -0.25) is 4.21 Å². The molecule has 0 fully saturated rings. The molecule has 0 aliphatic heterocycles. The minimum Gasteiger partial charge on any atom is -0.494 e. The number of nitrogens with one attached hydrogen (secondary N) is 1. The van der Waals surface area contributed by atoms with Crippen molar-refractivity contribution in [1.82, 2.24) is 5.32 Å². The van der Waals surface area contributed by atoms with Crippen molar-refractivity contribution in [3.8, 4) is 5.75 Å². The van der Waals surface area contributed by atoms with Crippen molar-refractivity contribution in [3.63, 3.8) is 0 Å². The summed E-state index contributed by atoms with van der Waals surface area (Å²) < 4.78 is 17.9. The zero-order valence-corrected chi connectivity index (χ0v) is 14.8. The molecule has 0 amide bonds. The number of hydrogen-bond acceptors (Lipinski definition) is 3. The Morgan fingerprint density at radius 1 is 1.29 bits per heavy atom. The first kappa shape index (κ1) is 18.2. The van der Waals surface area contributed by atoms with Gasteiger partial charge in [0.2, 0.25) is 0 Å². The largest absolute Gasteiger partial charge is 0.494 e. The van der Waals surface area contributed by atoms with Crippen LogP contribution in [0, 0.1) is 5.92 Å². The Bertz CT molecular complexity index is 460. The molecule has 2 unspecified atom stereocenters. The lowest BCUT2D eigenvalue weighted by Crippen LogP contribution is -2.13. The molecule has 0 aliphatic carbocycles. The lowest BCUT2D eigenvalue weighted by atomic mass is 10.1. The molecule has 21 heavy (non-hydrogen) atoms. The number of rotatable bonds is 9. The average molecular weight is 311 g/mol.